The normalized spacial score (nSPS) is 11.2. The fourth-order valence-corrected chi connectivity index (χ4v) is 2.36. The number of fused-ring (bicyclic) bond motifs is 1. The van der Waals surface area contributed by atoms with E-state index in [0.717, 1.165) is 24.4 Å². The number of imidazole rings is 1. The van der Waals surface area contributed by atoms with Crippen LogP contribution in [-0.4, -0.2) is 27.9 Å². The van der Waals surface area contributed by atoms with Crippen molar-refractivity contribution in [3.8, 4) is 0 Å². The molecule has 0 radical (unpaired) electrons. The predicted octanol–water partition coefficient (Wildman–Crippen LogP) is 2.49. The third-order valence-corrected chi connectivity index (χ3v) is 3.52. The van der Waals surface area contributed by atoms with Crippen LogP contribution in [0.1, 0.15) is 17.8 Å². The van der Waals surface area contributed by atoms with Gasteiger partial charge in [0.05, 0.1) is 11.4 Å². The van der Waals surface area contributed by atoms with Crippen molar-refractivity contribution in [3.63, 3.8) is 0 Å². The van der Waals surface area contributed by atoms with Gasteiger partial charge in [0, 0.05) is 12.7 Å². The molecule has 0 atom stereocenters. The molecule has 4 heteroatoms. The van der Waals surface area contributed by atoms with Crippen LogP contribution in [0.15, 0.2) is 24.4 Å². The van der Waals surface area contributed by atoms with Gasteiger partial charge in [-0.15, -0.1) is 0 Å². The summed E-state index contributed by atoms with van der Waals surface area (Å²) in [6.07, 6.45) is 5.44. The number of pyridine rings is 1. The summed E-state index contributed by atoms with van der Waals surface area (Å²) < 4.78 is 2.16. The van der Waals surface area contributed by atoms with Crippen molar-refractivity contribution in [2.75, 3.05) is 18.6 Å². The average molecular weight is 249 g/mol. The number of hydrogen-bond donors (Lipinski definition) is 1. The fourth-order valence-electron chi connectivity index (χ4n) is 1.93. The minimum atomic E-state index is 0.894. The highest BCUT2D eigenvalue weighted by Gasteiger charge is 2.06. The van der Waals surface area contributed by atoms with Crippen molar-refractivity contribution in [3.05, 3.63) is 35.8 Å². The summed E-state index contributed by atoms with van der Waals surface area (Å²) in [6.45, 7) is 4.04. The van der Waals surface area contributed by atoms with Gasteiger partial charge < -0.3 is 9.72 Å². The first kappa shape index (κ1) is 12.5. The lowest BCUT2D eigenvalue weighted by atomic mass is 10.3. The van der Waals surface area contributed by atoms with Gasteiger partial charge in [-0.2, -0.15) is 11.8 Å². The Hall–Kier alpha value is -1.00. The quantitative estimate of drug-likeness (QED) is 0.798. The van der Waals surface area contributed by atoms with Gasteiger partial charge >= 0.3 is 0 Å². The Labute approximate surface area is 107 Å². The van der Waals surface area contributed by atoms with Crippen molar-refractivity contribution in [2.45, 2.75) is 19.9 Å². The molecule has 0 unspecified atom stereocenters. The molecule has 2 heterocycles. The molecule has 0 fully saturated rings. The van der Waals surface area contributed by atoms with Crippen LogP contribution in [-0.2, 0) is 6.54 Å². The van der Waals surface area contributed by atoms with E-state index in [-0.39, 0.29) is 0 Å². The van der Waals surface area contributed by atoms with Crippen LogP contribution < -0.4 is 5.32 Å². The van der Waals surface area contributed by atoms with Crippen LogP contribution in [0.5, 0.6) is 0 Å². The van der Waals surface area contributed by atoms with Gasteiger partial charge in [-0.05, 0) is 44.0 Å². The highest BCUT2D eigenvalue weighted by molar-refractivity contribution is 7.98. The summed E-state index contributed by atoms with van der Waals surface area (Å²) in [6, 6.07) is 6.12. The molecular formula is C13H19N3S. The molecule has 2 aromatic heterocycles. The van der Waals surface area contributed by atoms with Gasteiger partial charge in [0.2, 0.25) is 0 Å². The molecule has 0 aliphatic heterocycles. The van der Waals surface area contributed by atoms with Crippen molar-refractivity contribution >= 4 is 17.4 Å². The number of rotatable bonds is 6. The number of aryl methyl sites for hydroxylation is 1. The molecule has 0 aromatic carbocycles. The van der Waals surface area contributed by atoms with E-state index in [1.807, 2.05) is 30.0 Å². The first-order valence-corrected chi connectivity index (χ1v) is 7.34. The zero-order valence-electron chi connectivity index (χ0n) is 10.4. The highest BCUT2D eigenvalue weighted by atomic mass is 32.2. The second kappa shape index (κ2) is 6.07. The van der Waals surface area contributed by atoms with Gasteiger partial charge in [0.1, 0.15) is 5.65 Å². The lowest BCUT2D eigenvalue weighted by molar-refractivity contribution is 0.661. The van der Waals surface area contributed by atoms with Crippen LogP contribution in [0.3, 0.4) is 0 Å². The SMILES string of the molecule is CSCCCNCc1c(C)nc2ccccn12. The number of thioether (sulfide) groups is 1. The second-order valence-corrected chi connectivity index (χ2v) is 5.08. The van der Waals surface area contributed by atoms with Crippen LogP contribution in [0.2, 0.25) is 0 Å². The maximum atomic E-state index is 4.55. The molecule has 0 aliphatic carbocycles. The van der Waals surface area contributed by atoms with Gasteiger partial charge in [0.15, 0.2) is 0 Å². The molecule has 2 aromatic rings. The summed E-state index contributed by atoms with van der Waals surface area (Å²) in [5, 5.41) is 3.48. The Kier molecular flexibility index (Phi) is 4.45. The van der Waals surface area contributed by atoms with Crippen molar-refractivity contribution in [1.29, 1.82) is 0 Å². The molecule has 92 valence electrons. The molecule has 1 N–H and O–H groups in total. The molecule has 0 spiro atoms. The molecule has 2 rings (SSSR count). The van der Waals surface area contributed by atoms with E-state index in [1.54, 1.807) is 0 Å². The minimum Gasteiger partial charge on any atom is -0.311 e. The Morgan fingerprint density at radius 3 is 3.12 bits per heavy atom. The van der Waals surface area contributed by atoms with Crippen molar-refractivity contribution in [2.24, 2.45) is 0 Å². The van der Waals surface area contributed by atoms with Crippen LogP contribution in [0.4, 0.5) is 0 Å². The van der Waals surface area contributed by atoms with E-state index >= 15 is 0 Å². The Balaban J connectivity index is 2.00. The summed E-state index contributed by atoms with van der Waals surface area (Å²) >= 11 is 1.90. The largest absolute Gasteiger partial charge is 0.311 e. The summed E-state index contributed by atoms with van der Waals surface area (Å²) in [5.41, 5.74) is 3.42. The Bertz CT molecular complexity index is 478. The second-order valence-electron chi connectivity index (χ2n) is 4.10. The average Bonchev–Trinajstić information content (AvgIpc) is 2.65. The number of nitrogens with zero attached hydrogens (tertiary/aromatic N) is 2. The zero-order chi connectivity index (χ0) is 12.1. The first-order chi connectivity index (χ1) is 8.33. The number of hydrogen-bond acceptors (Lipinski definition) is 3. The predicted molar refractivity (Wildman–Crippen MR) is 74.6 cm³/mol. The molecule has 0 saturated carbocycles. The fraction of sp³-hybridized carbons (Fsp3) is 0.462. The number of aromatic nitrogens is 2. The van der Waals surface area contributed by atoms with E-state index < -0.39 is 0 Å². The standard InChI is InChI=1S/C13H19N3S/c1-11-12(10-14-7-5-9-17-2)16-8-4-3-6-13(16)15-11/h3-4,6,8,14H,5,7,9-10H2,1-2H3. The van der Waals surface area contributed by atoms with E-state index in [0.29, 0.717) is 0 Å². The molecule has 0 aliphatic rings. The molecule has 0 amide bonds. The lowest BCUT2D eigenvalue weighted by Gasteiger charge is -2.05. The Morgan fingerprint density at radius 1 is 1.41 bits per heavy atom. The van der Waals surface area contributed by atoms with Gasteiger partial charge in [-0.1, -0.05) is 6.07 Å². The van der Waals surface area contributed by atoms with Gasteiger partial charge in [0.25, 0.3) is 0 Å². The van der Waals surface area contributed by atoms with Gasteiger partial charge in [-0.25, -0.2) is 4.98 Å². The molecule has 3 nitrogen and oxygen atoms in total. The monoisotopic (exact) mass is 249 g/mol. The maximum Gasteiger partial charge on any atom is 0.137 e. The molecule has 17 heavy (non-hydrogen) atoms. The number of nitrogens with one attached hydrogen (secondary N) is 1. The third kappa shape index (κ3) is 3.01. The topological polar surface area (TPSA) is 29.3 Å². The van der Waals surface area contributed by atoms with E-state index in [4.69, 9.17) is 0 Å². The molecule has 0 saturated heterocycles. The Morgan fingerprint density at radius 2 is 2.29 bits per heavy atom. The van der Waals surface area contributed by atoms with E-state index in [1.165, 1.54) is 17.9 Å². The zero-order valence-corrected chi connectivity index (χ0v) is 11.3. The maximum absolute atomic E-state index is 4.55. The van der Waals surface area contributed by atoms with Crippen LogP contribution >= 0.6 is 11.8 Å². The lowest BCUT2D eigenvalue weighted by Crippen LogP contribution is -2.17. The molecular weight excluding hydrogens is 230 g/mol. The van der Waals surface area contributed by atoms with Gasteiger partial charge in [-0.3, -0.25) is 0 Å². The molecule has 0 bridgehead atoms. The van der Waals surface area contributed by atoms with E-state index in [9.17, 15) is 0 Å². The van der Waals surface area contributed by atoms with Crippen molar-refractivity contribution < 1.29 is 0 Å². The summed E-state index contributed by atoms with van der Waals surface area (Å²) in [7, 11) is 0. The van der Waals surface area contributed by atoms with Crippen LogP contribution in [0.25, 0.3) is 5.65 Å². The van der Waals surface area contributed by atoms with Crippen molar-refractivity contribution in [1.82, 2.24) is 14.7 Å². The first-order valence-electron chi connectivity index (χ1n) is 5.95. The highest BCUT2D eigenvalue weighted by Crippen LogP contribution is 2.11. The van der Waals surface area contributed by atoms with E-state index in [2.05, 4.69) is 34.1 Å². The third-order valence-electron chi connectivity index (χ3n) is 2.82. The summed E-state index contributed by atoms with van der Waals surface area (Å²) in [5.74, 6) is 1.22. The van der Waals surface area contributed by atoms with Crippen LogP contribution in [0, 0.1) is 6.92 Å². The smallest absolute Gasteiger partial charge is 0.137 e. The summed E-state index contributed by atoms with van der Waals surface area (Å²) in [4.78, 5) is 4.55. The minimum absolute atomic E-state index is 0.894.